The number of anilines is 1. The lowest BCUT2D eigenvalue weighted by atomic mass is 10.0. The molecule has 0 bridgehead atoms. The van der Waals surface area contributed by atoms with E-state index in [1.54, 1.807) is 48.8 Å². The van der Waals surface area contributed by atoms with Crippen LogP contribution in [0.4, 0.5) is 5.69 Å². The summed E-state index contributed by atoms with van der Waals surface area (Å²) < 4.78 is 0. The Bertz CT molecular complexity index is 1060. The molecule has 0 unspecified atom stereocenters. The molecule has 3 heterocycles. The Morgan fingerprint density at radius 2 is 1.77 bits per heavy atom. The molecule has 2 aromatic carbocycles. The molecule has 7 nitrogen and oxygen atoms in total. The summed E-state index contributed by atoms with van der Waals surface area (Å²) in [6.07, 6.45) is 1.60. The number of amides is 2. The highest BCUT2D eigenvalue weighted by Gasteiger charge is 2.38. The van der Waals surface area contributed by atoms with Gasteiger partial charge in [-0.2, -0.15) is 0 Å². The Kier molecular flexibility index (Phi) is 6.65. The lowest BCUT2D eigenvalue weighted by Gasteiger charge is -2.18. The third kappa shape index (κ3) is 4.14. The summed E-state index contributed by atoms with van der Waals surface area (Å²) in [4.78, 5) is 34.6. The van der Waals surface area contributed by atoms with Crippen LogP contribution < -0.4 is 10.6 Å². The maximum Gasteiger partial charge on any atom is 0.255 e. The van der Waals surface area contributed by atoms with Gasteiger partial charge in [0, 0.05) is 43.0 Å². The van der Waals surface area contributed by atoms with E-state index in [2.05, 4.69) is 20.6 Å². The number of nitrogens with one attached hydrogen (secondary N) is 3. The second-order valence-electron chi connectivity index (χ2n) is 7.56. The summed E-state index contributed by atoms with van der Waals surface area (Å²) >= 11 is 0. The second kappa shape index (κ2) is 9.04. The van der Waals surface area contributed by atoms with Crippen molar-refractivity contribution in [3.8, 4) is 0 Å². The molecule has 0 radical (unpaired) electrons. The number of halogens is 2. The van der Waals surface area contributed by atoms with E-state index in [9.17, 15) is 9.59 Å². The number of H-pyrrole nitrogens is 1. The predicted octanol–water partition coefficient (Wildman–Crippen LogP) is 2.95. The van der Waals surface area contributed by atoms with Crippen LogP contribution in [0.2, 0.25) is 0 Å². The van der Waals surface area contributed by atoms with Crippen LogP contribution in [0.25, 0.3) is 11.0 Å². The van der Waals surface area contributed by atoms with Gasteiger partial charge in [-0.1, -0.05) is 6.07 Å². The fourth-order valence-electron chi connectivity index (χ4n) is 4.21. The van der Waals surface area contributed by atoms with Crippen LogP contribution in [0.5, 0.6) is 0 Å². The second-order valence-corrected chi connectivity index (χ2v) is 7.56. The van der Waals surface area contributed by atoms with Crippen molar-refractivity contribution in [3.63, 3.8) is 0 Å². The average Bonchev–Trinajstić information content (AvgIpc) is 3.42. The fourth-order valence-corrected chi connectivity index (χ4v) is 4.21. The molecular formula is C21H23Cl2N5O2. The third-order valence-corrected chi connectivity index (χ3v) is 5.73. The molecular weight excluding hydrogens is 425 g/mol. The zero-order chi connectivity index (χ0) is 19.1. The minimum absolute atomic E-state index is 0. The first-order chi connectivity index (χ1) is 13.7. The topological polar surface area (TPSA) is 90.1 Å². The van der Waals surface area contributed by atoms with Crippen LogP contribution in [0.3, 0.4) is 0 Å². The summed E-state index contributed by atoms with van der Waals surface area (Å²) in [5, 5.41) is 6.27. The number of hydrogen-bond donors (Lipinski definition) is 3. The molecule has 5 rings (SSSR count). The Hall–Kier alpha value is -2.61. The van der Waals surface area contributed by atoms with Gasteiger partial charge in [0.2, 0.25) is 0 Å². The number of benzene rings is 2. The summed E-state index contributed by atoms with van der Waals surface area (Å²) in [5.41, 5.74) is 3.38. The number of hydrogen-bond acceptors (Lipinski definition) is 4. The van der Waals surface area contributed by atoms with Crippen LogP contribution in [0.15, 0.2) is 48.8 Å². The van der Waals surface area contributed by atoms with E-state index in [0.29, 0.717) is 28.7 Å². The first-order valence-electron chi connectivity index (χ1n) is 9.52. The summed E-state index contributed by atoms with van der Waals surface area (Å²) in [7, 11) is 0. The largest absolute Gasteiger partial charge is 0.345 e. The molecule has 2 atom stereocenters. The molecule has 2 saturated heterocycles. The summed E-state index contributed by atoms with van der Waals surface area (Å²) in [5.74, 6) is 0.931. The molecule has 2 fully saturated rings. The highest BCUT2D eigenvalue weighted by Crippen LogP contribution is 2.28. The van der Waals surface area contributed by atoms with E-state index in [1.165, 1.54) is 0 Å². The maximum atomic E-state index is 12.9. The van der Waals surface area contributed by atoms with Crippen LogP contribution in [-0.4, -0.2) is 52.9 Å². The van der Waals surface area contributed by atoms with Crippen molar-refractivity contribution in [2.45, 2.75) is 0 Å². The van der Waals surface area contributed by atoms with E-state index in [4.69, 9.17) is 0 Å². The molecule has 0 saturated carbocycles. The monoisotopic (exact) mass is 447 g/mol. The number of likely N-dealkylation sites (tertiary alicyclic amines) is 1. The maximum absolute atomic E-state index is 12.9. The van der Waals surface area contributed by atoms with E-state index in [-0.39, 0.29) is 36.6 Å². The highest BCUT2D eigenvalue weighted by atomic mass is 35.5. The number of rotatable bonds is 3. The highest BCUT2D eigenvalue weighted by molar-refractivity contribution is 6.06. The van der Waals surface area contributed by atoms with Crippen molar-refractivity contribution in [1.82, 2.24) is 20.2 Å². The number of nitrogens with zero attached hydrogens (tertiary/aromatic N) is 2. The van der Waals surface area contributed by atoms with E-state index < -0.39 is 0 Å². The normalized spacial score (nSPS) is 19.7. The van der Waals surface area contributed by atoms with Gasteiger partial charge in [0.1, 0.15) is 0 Å². The molecule has 0 spiro atoms. The van der Waals surface area contributed by atoms with Gasteiger partial charge in [0.25, 0.3) is 11.8 Å². The van der Waals surface area contributed by atoms with E-state index in [0.717, 1.165) is 37.2 Å². The lowest BCUT2D eigenvalue weighted by molar-refractivity contribution is 0.0781. The first kappa shape index (κ1) is 22.1. The van der Waals surface area contributed by atoms with Gasteiger partial charge in [0.05, 0.1) is 17.4 Å². The number of aromatic nitrogens is 2. The third-order valence-electron chi connectivity index (χ3n) is 5.73. The van der Waals surface area contributed by atoms with Crippen LogP contribution >= 0.6 is 24.8 Å². The lowest BCUT2D eigenvalue weighted by Crippen LogP contribution is -2.31. The fraction of sp³-hybridized carbons (Fsp3) is 0.286. The molecule has 1 aromatic heterocycles. The smallest absolute Gasteiger partial charge is 0.255 e. The molecule has 0 aliphatic carbocycles. The van der Waals surface area contributed by atoms with Crippen molar-refractivity contribution >= 4 is 53.3 Å². The molecule has 2 aliphatic heterocycles. The van der Waals surface area contributed by atoms with Gasteiger partial charge >= 0.3 is 0 Å². The number of aromatic amines is 1. The number of carbonyl (C=O) groups excluding carboxylic acids is 2. The van der Waals surface area contributed by atoms with Crippen LogP contribution in [-0.2, 0) is 0 Å². The molecule has 158 valence electrons. The zero-order valence-corrected chi connectivity index (χ0v) is 17.8. The Balaban J connectivity index is 0.00000128. The minimum atomic E-state index is -0.220. The summed E-state index contributed by atoms with van der Waals surface area (Å²) in [6, 6.07) is 12.5. The van der Waals surface area contributed by atoms with Crippen LogP contribution in [0.1, 0.15) is 20.7 Å². The first-order valence-corrected chi connectivity index (χ1v) is 9.52. The molecule has 9 heteroatoms. The quantitative estimate of drug-likeness (QED) is 0.575. The van der Waals surface area contributed by atoms with Crippen molar-refractivity contribution in [2.75, 3.05) is 31.5 Å². The molecule has 30 heavy (non-hydrogen) atoms. The van der Waals surface area contributed by atoms with E-state index in [1.807, 2.05) is 4.90 Å². The Morgan fingerprint density at radius 3 is 2.53 bits per heavy atom. The number of fused-ring (bicyclic) bond motifs is 2. The van der Waals surface area contributed by atoms with Gasteiger partial charge < -0.3 is 20.5 Å². The van der Waals surface area contributed by atoms with Crippen molar-refractivity contribution < 1.29 is 9.59 Å². The average molecular weight is 448 g/mol. The van der Waals surface area contributed by atoms with E-state index >= 15 is 0 Å². The Morgan fingerprint density at radius 1 is 1.00 bits per heavy atom. The minimum Gasteiger partial charge on any atom is -0.345 e. The Labute approximate surface area is 186 Å². The predicted molar refractivity (Wildman–Crippen MR) is 121 cm³/mol. The van der Waals surface area contributed by atoms with Gasteiger partial charge in [-0.05, 0) is 48.2 Å². The number of imidazole rings is 1. The van der Waals surface area contributed by atoms with Crippen molar-refractivity contribution in [1.29, 1.82) is 0 Å². The van der Waals surface area contributed by atoms with Crippen LogP contribution in [0, 0.1) is 11.8 Å². The molecule has 3 N–H and O–H groups in total. The molecule has 2 aliphatic rings. The molecule has 3 aromatic rings. The van der Waals surface area contributed by atoms with Crippen molar-refractivity contribution in [3.05, 3.63) is 59.9 Å². The zero-order valence-electron chi connectivity index (χ0n) is 16.1. The van der Waals surface area contributed by atoms with Gasteiger partial charge in [-0.25, -0.2) is 4.98 Å². The molecule has 2 amide bonds. The standard InChI is InChI=1S/C21H21N5O2.2ClH/c27-20(13-4-5-18-19(7-13)24-12-23-18)25-17-3-1-2-14(6-17)21(28)26-10-15-8-22-9-16(15)11-26;;/h1-7,12,15-16,22H,8-11H2,(H,23,24)(H,25,27);2*1H/t15-,16+;;. The van der Waals surface area contributed by atoms with Crippen molar-refractivity contribution in [2.24, 2.45) is 11.8 Å². The summed E-state index contributed by atoms with van der Waals surface area (Å²) in [6.45, 7) is 3.59. The van der Waals surface area contributed by atoms with Gasteiger partial charge in [0.15, 0.2) is 0 Å². The van der Waals surface area contributed by atoms with Gasteiger partial charge in [-0.3, -0.25) is 9.59 Å². The number of carbonyl (C=O) groups is 2. The van der Waals surface area contributed by atoms with Gasteiger partial charge in [-0.15, -0.1) is 24.8 Å². The SMILES string of the molecule is Cl.Cl.O=C(Nc1cccc(C(=O)N2C[C@H]3CNC[C@H]3C2)c1)c1ccc2nc[nH]c2c1.